The van der Waals surface area contributed by atoms with Crippen LogP contribution in [-0.2, 0) is 18.4 Å². The van der Waals surface area contributed by atoms with Gasteiger partial charge in [0.05, 0.1) is 7.11 Å². The average molecular weight is 457 g/mol. The molecule has 2 N–H and O–H groups in total. The van der Waals surface area contributed by atoms with E-state index in [1.54, 1.807) is 23.6 Å². The Balaban J connectivity index is 1.40. The summed E-state index contributed by atoms with van der Waals surface area (Å²) in [4.78, 5) is 12.2. The van der Waals surface area contributed by atoms with Crippen LogP contribution in [0.25, 0.3) is 0 Å². The van der Waals surface area contributed by atoms with Gasteiger partial charge in [-0.25, -0.2) is 4.68 Å². The second-order valence-electron chi connectivity index (χ2n) is 7.15. The predicted octanol–water partition coefficient (Wildman–Crippen LogP) is 2.82. The van der Waals surface area contributed by atoms with Gasteiger partial charge >= 0.3 is 0 Å². The van der Waals surface area contributed by atoms with Crippen molar-refractivity contribution in [3.8, 4) is 11.5 Å². The molecule has 3 aromatic rings. The number of nitrogens with zero attached hydrogens (tertiary/aromatic N) is 4. The molecule has 10 heteroatoms. The van der Waals surface area contributed by atoms with E-state index in [1.165, 1.54) is 0 Å². The summed E-state index contributed by atoms with van der Waals surface area (Å²) < 4.78 is 12.8. The summed E-state index contributed by atoms with van der Waals surface area (Å²) in [6, 6.07) is 13.3. The molecule has 0 aliphatic heterocycles. The minimum absolute atomic E-state index is 0.0967. The molecule has 0 aliphatic carbocycles. The summed E-state index contributed by atoms with van der Waals surface area (Å²) >= 11 is 1.63. The van der Waals surface area contributed by atoms with Crippen molar-refractivity contribution in [2.45, 2.75) is 25.0 Å². The van der Waals surface area contributed by atoms with Crippen LogP contribution in [0.2, 0.25) is 0 Å². The third kappa shape index (κ3) is 7.24. The number of carbonyl (C=O) groups is 1. The van der Waals surface area contributed by atoms with Gasteiger partial charge < -0.3 is 20.1 Å². The highest BCUT2D eigenvalue weighted by atomic mass is 32.2. The Hall–Kier alpha value is -3.11. The molecular formula is C22H28N6O3S. The zero-order valence-corrected chi connectivity index (χ0v) is 19.3. The minimum atomic E-state index is -0.225. The Morgan fingerprint density at radius 1 is 1.16 bits per heavy atom. The molecule has 0 saturated carbocycles. The summed E-state index contributed by atoms with van der Waals surface area (Å²) in [5, 5.41) is 18.4. The summed E-state index contributed by atoms with van der Waals surface area (Å²) in [6.45, 7) is 3.48. The minimum Gasteiger partial charge on any atom is -0.493 e. The molecule has 0 radical (unpaired) electrons. The molecule has 3 rings (SSSR count). The number of amides is 1. The summed E-state index contributed by atoms with van der Waals surface area (Å²) in [6.07, 6.45) is 0.992. The van der Waals surface area contributed by atoms with Crippen LogP contribution < -0.4 is 20.1 Å². The van der Waals surface area contributed by atoms with Crippen LogP contribution in [0.1, 0.15) is 17.5 Å². The number of rotatable bonds is 12. The number of hydrogen-bond donors (Lipinski definition) is 2. The van der Waals surface area contributed by atoms with E-state index in [9.17, 15) is 4.79 Å². The molecule has 1 heterocycles. The van der Waals surface area contributed by atoms with E-state index in [0.29, 0.717) is 18.0 Å². The smallest absolute Gasteiger partial charge is 0.262 e. The third-order valence-electron chi connectivity index (χ3n) is 4.56. The monoisotopic (exact) mass is 456 g/mol. The first-order chi connectivity index (χ1) is 15.5. The molecule has 0 fully saturated rings. The van der Waals surface area contributed by atoms with Crippen LogP contribution in [0.5, 0.6) is 11.5 Å². The Morgan fingerprint density at radius 3 is 2.69 bits per heavy atom. The summed E-state index contributed by atoms with van der Waals surface area (Å²) in [5.74, 6) is 1.83. The number of aryl methyl sites for hydroxylation is 2. The maximum atomic E-state index is 12.2. The van der Waals surface area contributed by atoms with E-state index in [1.807, 2.05) is 56.4 Å². The number of aromatic nitrogens is 4. The van der Waals surface area contributed by atoms with Crippen molar-refractivity contribution in [3.05, 3.63) is 53.6 Å². The fourth-order valence-electron chi connectivity index (χ4n) is 2.86. The highest BCUT2D eigenvalue weighted by molar-refractivity contribution is 7.99. The van der Waals surface area contributed by atoms with Gasteiger partial charge in [-0.3, -0.25) is 4.79 Å². The zero-order valence-electron chi connectivity index (χ0n) is 18.5. The van der Waals surface area contributed by atoms with Crippen molar-refractivity contribution >= 4 is 23.4 Å². The van der Waals surface area contributed by atoms with Gasteiger partial charge in [-0.2, -0.15) is 0 Å². The van der Waals surface area contributed by atoms with Crippen LogP contribution in [-0.4, -0.2) is 52.1 Å². The number of thioether (sulfide) groups is 1. The van der Waals surface area contributed by atoms with Gasteiger partial charge in [-0.15, -0.1) is 5.10 Å². The summed E-state index contributed by atoms with van der Waals surface area (Å²) in [5.41, 5.74) is 2.95. The molecule has 0 spiro atoms. The fraction of sp³-hybridized carbons (Fsp3) is 0.364. The fourth-order valence-corrected chi connectivity index (χ4v) is 3.64. The van der Waals surface area contributed by atoms with Gasteiger partial charge in [0, 0.05) is 25.0 Å². The van der Waals surface area contributed by atoms with Gasteiger partial charge in [0.15, 0.2) is 18.1 Å². The van der Waals surface area contributed by atoms with Gasteiger partial charge in [0.25, 0.3) is 5.91 Å². The number of tetrazole rings is 1. The molecule has 0 unspecified atom stereocenters. The van der Waals surface area contributed by atoms with Gasteiger partial charge in [-0.05, 0) is 60.1 Å². The standard InChI is InChI=1S/C22H28N6O3S/c1-16-5-8-18(9-6-16)24-21(29)15-31-19-10-7-17(13-20(19)30-3)14-23-11-4-12-32-22-25-26-27-28(22)2/h5-10,13,23H,4,11-12,14-15H2,1-3H3,(H,24,29). The van der Waals surface area contributed by atoms with Crippen LogP contribution in [0, 0.1) is 6.92 Å². The lowest BCUT2D eigenvalue weighted by Gasteiger charge is -2.13. The second kappa shape index (κ2) is 12.1. The molecule has 0 atom stereocenters. The molecule has 1 aromatic heterocycles. The summed E-state index contributed by atoms with van der Waals surface area (Å²) in [7, 11) is 3.42. The molecule has 1 amide bonds. The molecule has 0 saturated heterocycles. The lowest BCUT2D eigenvalue weighted by Crippen LogP contribution is -2.20. The molecule has 2 aromatic carbocycles. The molecule has 32 heavy (non-hydrogen) atoms. The van der Waals surface area contributed by atoms with Gasteiger partial charge in [0.1, 0.15) is 0 Å². The van der Waals surface area contributed by atoms with Crippen LogP contribution in [0.3, 0.4) is 0 Å². The maximum absolute atomic E-state index is 12.2. The van der Waals surface area contributed by atoms with Crippen molar-refractivity contribution in [2.24, 2.45) is 7.05 Å². The lowest BCUT2D eigenvalue weighted by atomic mass is 10.2. The van der Waals surface area contributed by atoms with E-state index in [4.69, 9.17) is 9.47 Å². The number of nitrogens with one attached hydrogen (secondary N) is 2. The topological polar surface area (TPSA) is 103 Å². The molecule has 170 valence electrons. The number of benzene rings is 2. The van der Waals surface area contributed by atoms with Crippen molar-refractivity contribution in [2.75, 3.05) is 31.3 Å². The first-order valence-electron chi connectivity index (χ1n) is 10.3. The quantitative estimate of drug-likeness (QED) is 0.317. The largest absolute Gasteiger partial charge is 0.493 e. The van der Waals surface area contributed by atoms with Crippen molar-refractivity contribution in [1.82, 2.24) is 25.5 Å². The van der Waals surface area contributed by atoms with Crippen LogP contribution >= 0.6 is 11.8 Å². The molecule has 0 bridgehead atoms. The van der Waals surface area contributed by atoms with Gasteiger partial charge in [0.2, 0.25) is 5.16 Å². The Bertz CT molecular complexity index is 1010. The number of hydrogen-bond acceptors (Lipinski definition) is 8. The van der Waals surface area contributed by atoms with Crippen molar-refractivity contribution < 1.29 is 14.3 Å². The first-order valence-corrected chi connectivity index (χ1v) is 11.3. The highest BCUT2D eigenvalue weighted by Gasteiger charge is 2.09. The Labute approximate surface area is 191 Å². The number of carbonyl (C=O) groups excluding carboxylic acids is 1. The number of ether oxygens (including phenoxy) is 2. The van der Waals surface area contributed by atoms with E-state index >= 15 is 0 Å². The highest BCUT2D eigenvalue weighted by Crippen LogP contribution is 2.28. The second-order valence-corrected chi connectivity index (χ2v) is 8.21. The third-order valence-corrected chi connectivity index (χ3v) is 5.66. The zero-order chi connectivity index (χ0) is 22.8. The normalized spacial score (nSPS) is 10.7. The van der Waals surface area contributed by atoms with Crippen molar-refractivity contribution in [1.29, 1.82) is 0 Å². The predicted molar refractivity (Wildman–Crippen MR) is 124 cm³/mol. The number of anilines is 1. The number of methoxy groups -OCH3 is 1. The van der Waals surface area contributed by atoms with Crippen molar-refractivity contribution in [3.63, 3.8) is 0 Å². The van der Waals surface area contributed by atoms with E-state index in [2.05, 4.69) is 26.2 Å². The maximum Gasteiger partial charge on any atom is 0.262 e. The van der Waals surface area contributed by atoms with E-state index < -0.39 is 0 Å². The molecule has 0 aliphatic rings. The SMILES string of the molecule is COc1cc(CNCCCSc2nnnn2C)ccc1OCC(=O)Nc1ccc(C)cc1. The van der Waals surface area contributed by atoms with Crippen LogP contribution in [0.15, 0.2) is 47.6 Å². The Kier molecular flexibility index (Phi) is 8.88. The van der Waals surface area contributed by atoms with E-state index in [-0.39, 0.29) is 12.5 Å². The van der Waals surface area contributed by atoms with Crippen LogP contribution in [0.4, 0.5) is 5.69 Å². The lowest BCUT2D eigenvalue weighted by molar-refractivity contribution is -0.118. The Morgan fingerprint density at radius 2 is 1.97 bits per heavy atom. The molecular weight excluding hydrogens is 428 g/mol. The average Bonchev–Trinajstić information content (AvgIpc) is 3.21. The molecule has 9 nitrogen and oxygen atoms in total. The first kappa shape index (κ1) is 23.6. The van der Waals surface area contributed by atoms with Gasteiger partial charge in [-0.1, -0.05) is 35.5 Å². The van der Waals surface area contributed by atoms with E-state index in [0.717, 1.165) is 40.7 Å².